The van der Waals surface area contributed by atoms with Crippen molar-refractivity contribution >= 4 is 41.4 Å². The topological polar surface area (TPSA) is 60.8 Å². The average molecular weight is 534 g/mol. The quantitative estimate of drug-likeness (QED) is 0.273. The number of hydrogen-bond donors (Lipinski definition) is 1. The Morgan fingerprint density at radius 2 is 1.97 bits per heavy atom. The van der Waals surface area contributed by atoms with E-state index in [4.69, 9.17) is 11.6 Å². The second kappa shape index (κ2) is 18.1. The van der Waals surface area contributed by atoms with E-state index in [1.54, 1.807) is 17.0 Å². The Morgan fingerprint density at radius 3 is 2.51 bits per heavy atom. The van der Waals surface area contributed by atoms with Crippen molar-refractivity contribution in [2.45, 2.75) is 40.2 Å². The summed E-state index contributed by atoms with van der Waals surface area (Å²) in [4.78, 5) is 24.8. The molecule has 9 heteroatoms. The van der Waals surface area contributed by atoms with Crippen LogP contribution in [-0.2, 0) is 11.3 Å². The standard InChI is InChI=1S/C24H31ClFN5O.C4H7F/c1-5-31(24(32)14-18(2)10-11-26)13-12-30(4)23-9-6-19(17-29-23)16-28-21-8-7-20(25)15-22(21)27-3;1-2-3-4-5/h6-11,15,17-18,28H,3,5,12-14,16H2,1-2,4H3;3-4H,2H2,1H3/b11-10+;4-3+. The van der Waals surface area contributed by atoms with Crippen molar-refractivity contribution in [2.24, 2.45) is 10.9 Å². The number of nitrogens with zero attached hydrogens (tertiary/aromatic N) is 4. The van der Waals surface area contributed by atoms with Crippen molar-refractivity contribution in [1.82, 2.24) is 9.88 Å². The summed E-state index contributed by atoms with van der Waals surface area (Å²) in [7, 11) is 1.95. The summed E-state index contributed by atoms with van der Waals surface area (Å²) in [6.07, 6.45) is 6.83. The number of aliphatic imine (C=N–C) groups is 1. The number of allylic oxidation sites excluding steroid dienone is 2. The van der Waals surface area contributed by atoms with Crippen LogP contribution in [-0.4, -0.2) is 49.2 Å². The van der Waals surface area contributed by atoms with Gasteiger partial charge >= 0.3 is 0 Å². The maximum atomic E-state index is 12.4. The van der Waals surface area contributed by atoms with Gasteiger partial charge in [0.25, 0.3) is 0 Å². The molecule has 1 heterocycles. The van der Waals surface area contributed by atoms with Crippen molar-refractivity contribution in [3.8, 4) is 0 Å². The van der Waals surface area contributed by atoms with Gasteiger partial charge < -0.3 is 15.1 Å². The van der Waals surface area contributed by atoms with Crippen molar-refractivity contribution in [2.75, 3.05) is 36.9 Å². The average Bonchev–Trinajstić information content (AvgIpc) is 2.89. The molecule has 202 valence electrons. The molecule has 6 nitrogen and oxygen atoms in total. The van der Waals surface area contributed by atoms with Gasteiger partial charge in [-0.15, -0.1) is 0 Å². The Hall–Kier alpha value is -3.26. The molecule has 0 spiro atoms. The molecule has 2 rings (SSSR count). The number of likely N-dealkylation sites (N-methyl/N-ethyl adjacent to an activating group) is 2. The molecule has 1 amide bonds. The Morgan fingerprint density at radius 1 is 1.22 bits per heavy atom. The minimum absolute atomic E-state index is 0.0245. The van der Waals surface area contributed by atoms with Gasteiger partial charge in [0.05, 0.1) is 24.0 Å². The number of nitrogens with one attached hydrogen (secondary N) is 1. The molecule has 0 bridgehead atoms. The molecule has 0 fully saturated rings. The van der Waals surface area contributed by atoms with Crippen molar-refractivity contribution in [3.63, 3.8) is 0 Å². The largest absolute Gasteiger partial charge is 0.379 e. The first-order valence-electron chi connectivity index (χ1n) is 12.3. The zero-order valence-corrected chi connectivity index (χ0v) is 22.9. The molecule has 0 radical (unpaired) electrons. The van der Waals surface area contributed by atoms with E-state index in [2.05, 4.69) is 22.0 Å². The molecular formula is C28H38ClF2N5O. The number of anilines is 2. The first kappa shape index (κ1) is 31.8. The molecule has 0 aliphatic carbocycles. The highest BCUT2D eigenvalue weighted by Gasteiger charge is 2.15. The minimum Gasteiger partial charge on any atom is -0.379 e. The number of halogens is 3. The van der Waals surface area contributed by atoms with Gasteiger partial charge in [-0.1, -0.05) is 43.7 Å². The van der Waals surface area contributed by atoms with E-state index in [1.807, 2.05) is 57.1 Å². The van der Waals surface area contributed by atoms with E-state index in [0.29, 0.717) is 56.0 Å². The van der Waals surface area contributed by atoms with Crippen molar-refractivity contribution in [3.05, 3.63) is 71.9 Å². The van der Waals surface area contributed by atoms with Gasteiger partial charge in [-0.05, 0) is 55.8 Å². The third-order valence-electron chi connectivity index (χ3n) is 5.48. The zero-order valence-electron chi connectivity index (χ0n) is 22.1. The first-order valence-corrected chi connectivity index (χ1v) is 12.6. The molecule has 37 heavy (non-hydrogen) atoms. The Labute approximate surface area is 224 Å². The first-order chi connectivity index (χ1) is 17.8. The maximum absolute atomic E-state index is 12.4. The van der Waals surface area contributed by atoms with Gasteiger partial charge in [0.1, 0.15) is 5.82 Å². The van der Waals surface area contributed by atoms with Crippen LogP contribution in [0.5, 0.6) is 0 Å². The Balaban J connectivity index is 0.00000124. The highest BCUT2D eigenvalue weighted by atomic mass is 35.5. The maximum Gasteiger partial charge on any atom is 0.223 e. The summed E-state index contributed by atoms with van der Waals surface area (Å²) < 4.78 is 23.1. The third-order valence-corrected chi connectivity index (χ3v) is 5.71. The fraction of sp³-hybridized carbons (Fsp3) is 0.393. The predicted octanol–water partition coefficient (Wildman–Crippen LogP) is 7.35. The molecule has 0 aliphatic heterocycles. The molecule has 1 aromatic carbocycles. The predicted molar refractivity (Wildman–Crippen MR) is 152 cm³/mol. The van der Waals surface area contributed by atoms with Crippen LogP contribution in [0.4, 0.5) is 26.0 Å². The summed E-state index contributed by atoms with van der Waals surface area (Å²) >= 11 is 6.00. The van der Waals surface area contributed by atoms with Crippen LogP contribution in [0.1, 0.15) is 39.2 Å². The monoisotopic (exact) mass is 533 g/mol. The number of carbonyl (C=O) groups excluding carboxylic acids is 1. The van der Waals surface area contributed by atoms with Crippen LogP contribution in [0.3, 0.4) is 0 Å². The summed E-state index contributed by atoms with van der Waals surface area (Å²) in [6.45, 7) is 11.7. The molecule has 0 aliphatic rings. The second-order valence-corrected chi connectivity index (χ2v) is 8.80. The van der Waals surface area contributed by atoms with E-state index in [1.165, 1.54) is 12.2 Å². The lowest BCUT2D eigenvalue weighted by Crippen LogP contribution is -2.38. The normalized spacial score (nSPS) is 11.6. The SMILES string of the molecule is C=Nc1cc(Cl)ccc1NCc1ccc(N(C)CCN(CC)C(=O)CC(C)/C=C/F)nc1.CC/C=C/F. The van der Waals surface area contributed by atoms with Crippen LogP contribution in [0.2, 0.25) is 5.02 Å². The summed E-state index contributed by atoms with van der Waals surface area (Å²) in [5, 5.41) is 3.94. The van der Waals surface area contributed by atoms with E-state index < -0.39 is 0 Å². The van der Waals surface area contributed by atoms with Gasteiger partial charge in [-0.3, -0.25) is 9.79 Å². The van der Waals surface area contributed by atoms with Gasteiger partial charge in [-0.2, -0.15) is 0 Å². The number of aromatic nitrogens is 1. The molecule has 0 saturated heterocycles. The third kappa shape index (κ3) is 12.0. The van der Waals surface area contributed by atoms with E-state index in [0.717, 1.165) is 23.5 Å². The van der Waals surface area contributed by atoms with Crippen LogP contribution < -0.4 is 10.2 Å². The zero-order chi connectivity index (χ0) is 27.6. The molecule has 0 saturated carbocycles. The van der Waals surface area contributed by atoms with Crippen LogP contribution in [0.15, 0.2) is 66.3 Å². The summed E-state index contributed by atoms with van der Waals surface area (Å²) in [5.41, 5.74) is 2.57. The minimum atomic E-state index is -0.117. The molecule has 2 aromatic rings. The van der Waals surface area contributed by atoms with E-state index in [-0.39, 0.29) is 11.8 Å². The Kier molecular flexibility index (Phi) is 15.5. The smallest absolute Gasteiger partial charge is 0.223 e. The molecule has 1 atom stereocenters. The highest BCUT2D eigenvalue weighted by Crippen LogP contribution is 2.28. The molecular weight excluding hydrogens is 496 g/mol. The second-order valence-electron chi connectivity index (χ2n) is 8.36. The molecule has 1 unspecified atom stereocenters. The lowest BCUT2D eigenvalue weighted by Gasteiger charge is -2.26. The number of carbonyl (C=O) groups is 1. The number of pyridine rings is 1. The van der Waals surface area contributed by atoms with Gasteiger partial charge in [0.2, 0.25) is 5.91 Å². The van der Waals surface area contributed by atoms with E-state index in [9.17, 15) is 13.6 Å². The van der Waals surface area contributed by atoms with Crippen LogP contribution in [0, 0.1) is 5.92 Å². The van der Waals surface area contributed by atoms with Crippen molar-refractivity contribution < 1.29 is 13.6 Å². The molecule has 1 aromatic heterocycles. The van der Waals surface area contributed by atoms with Gasteiger partial charge in [-0.25, -0.2) is 13.8 Å². The number of amides is 1. The van der Waals surface area contributed by atoms with Gasteiger partial charge in [0, 0.05) is 50.9 Å². The van der Waals surface area contributed by atoms with Crippen LogP contribution >= 0.6 is 11.6 Å². The summed E-state index contributed by atoms with van der Waals surface area (Å²) in [6, 6.07) is 9.40. The van der Waals surface area contributed by atoms with Gasteiger partial charge in [0.15, 0.2) is 0 Å². The number of rotatable bonds is 13. The van der Waals surface area contributed by atoms with Crippen LogP contribution in [0.25, 0.3) is 0 Å². The molecule has 1 N–H and O–H groups in total. The lowest BCUT2D eigenvalue weighted by molar-refractivity contribution is -0.131. The number of benzene rings is 1. The lowest BCUT2D eigenvalue weighted by atomic mass is 10.1. The fourth-order valence-electron chi connectivity index (χ4n) is 3.26. The van der Waals surface area contributed by atoms with Crippen molar-refractivity contribution in [1.29, 1.82) is 0 Å². The Bertz CT molecular complexity index is 1010. The van der Waals surface area contributed by atoms with E-state index >= 15 is 0 Å². The fourth-order valence-corrected chi connectivity index (χ4v) is 3.43. The number of hydrogen-bond acceptors (Lipinski definition) is 5. The highest BCUT2D eigenvalue weighted by molar-refractivity contribution is 6.31. The summed E-state index contributed by atoms with van der Waals surface area (Å²) in [5.74, 6) is 0.732.